The van der Waals surface area contributed by atoms with E-state index in [-0.39, 0.29) is 0 Å². The van der Waals surface area contributed by atoms with Crippen molar-refractivity contribution in [3.63, 3.8) is 0 Å². The third-order valence-corrected chi connectivity index (χ3v) is 4.58. The molecule has 0 atom stereocenters. The smallest absolute Gasteiger partial charge is 0.0712 e. The Kier molecular flexibility index (Phi) is 5.26. The summed E-state index contributed by atoms with van der Waals surface area (Å²) in [5, 5.41) is 10.7. The lowest BCUT2D eigenvalue weighted by atomic mass is 9.85. The molecule has 1 fully saturated rings. The van der Waals surface area contributed by atoms with Gasteiger partial charge in [0, 0.05) is 29.6 Å². The summed E-state index contributed by atoms with van der Waals surface area (Å²) in [6.07, 6.45) is 2.58. The number of likely N-dealkylation sites (tertiary alicyclic amines) is 1. The van der Waals surface area contributed by atoms with Crippen molar-refractivity contribution in [2.24, 2.45) is 5.92 Å². The molecule has 1 aliphatic rings. The van der Waals surface area contributed by atoms with Crippen LogP contribution in [0.25, 0.3) is 0 Å². The number of rotatable bonds is 4. The molecule has 1 heterocycles. The molecule has 0 aliphatic carbocycles. The molecule has 106 valence electrons. The Hall–Kier alpha value is -0.130. The van der Waals surface area contributed by atoms with Gasteiger partial charge in [-0.05, 0) is 59.0 Å². The highest BCUT2D eigenvalue weighted by atomic mass is 127. The van der Waals surface area contributed by atoms with Crippen LogP contribution in [0.5, 0.6) is 0 Å². The minimum atomic E-state index is -0.500. The zero-order valence-corrected chi connectivity index (χ0v) is 14.1. The summed E-state index contributed by atoms with van der Waals surface area (Å²) in [5.74, 6) is 0.711. The lowest BCUT2D eigenvalue weighted by molar-refractivity contribution is -0.0227. The van der Waals surface area contributed by atoms with Crippen LogP contribution in [0.3, 0.4) is 0 Å². The van der Waals surface area contributed by atoms with E-state index in [1.165, 1.54) is 9.13 Å². The third-order valence-electron chi connectivity index (χ3n) is 3.86. The number of piperidine rings is 1. The molecule has 0 aromatic heterocycles. The van der Waals surface area contributed by atoms with Crippen LogP contribution >= 0.6 is 22.6 Å². The Labute approximate surface area is 130 Å². The summed E-state index contributed by atoms with van der Waals surface area (Å²) < 4.78 is 1.25. The maximum absolute atomic E-state index is 10.7. The molecule has 0 bridgehead atoms. The molecular formula is C16H24INO. The number of nitrogens with zero attached hydrogens (tertiary/aromatic N) is 1. The molecule has 0 spiro atoms. The van der Waals surface area contributed by atoms with Crippen molar-refractivity contribution in [2.75, 3.05) is 19.6 Å². The zero-order valence-electron chi connectivity index (χ0n) is 11.9. The molecule has 2 rings (SSSR count). The van der Waals surface area contributed by atoms with Gasteiger partial charge in [0.15, 0.2) is 0 Å². The normalized spacial score (nSPS) is 19.8. The molecule has 1 aromatic rings. The Morgan fingerprint density at radius 2 is 1.79 bits per heavy atom. The monoisotopic (exact) mass is 373 g/mol. The second kappa shape index (κ2) is 6.55. The lowest BCUT2D eigenvalue weighted by Crippen LogP contribution is -2.46. The van der Waals surface area contributed by atoms with Crippen LogP contribution in [-0.2, 0) is 6.42 Å². The van der Waals surface area contributed by atoms with E-state index in [2.05, 4.69) is 65.6 Å². The van der Waals surface area contributed by atoms with Gasteiger partial charge >= 0.3 is 0 Å². The van der Waals surface area contributed by atoms with Crippen LogP contribution in [0.4, 0.5) is 0 Å². The van der Waals surface area contributed by atoms with E-state index in [0.29, 0.717) is 5.92 Å². The number of benzene rings is 1. The molecule has 0 saturated carbocycles. The van der Waals surface area contributed by atoms with Gasteiger partial charge in [-0.1, -0.05) is 26.0 Å². The van der Waals surface area contributed by atoms with Gasteiger partial charge in [-0.15, -0.1) is 0 Å². The highest BCUT2D eigenvalue weighted by Crippen LogP contribution is 2.27. The van der Waals surface area contributed by atoms with E-state index < -0.39 is 5.60 Å². The molecule has 3 heteroatoms. The van der Waals surface area contributed by atoms with E-state index in [9.17, 15) is 5.11 Å². The average molecular weight is 373 g/mol. The Balaban J connectivity index is 1.89. The van der Waals surface area contributed by atoms with Gasteiger partial charge in [0.05, 0.1) is 5.60 Å². The second-order valence-electron chi connectivity index (χ2n) is 6.22. The van der Waals surface area contributed by atoms with Crippen molar-refractivity contribution < 1.29 is 5.11 Å². The summed E-state index contributed by atoms with van der Waals surface area (Å²) in [7, 11) is 0. The minimum Gasteiger partial charge on any atom is -0.389 e. The minimum absolute atomic E-state index is 0.500. The summed E-state index contributed by atoms with van der Waals surface area (Å²) in [6.45, 7) is 7.72. The molecule has 0 amide bonds. The molecular weight excluding hydrogens is 349 g/mol. The Morgan fingerprint density at radius 1 is 1.21 bits per heavy atom. The van der Waals surface area contributed by atoms with E-state index in [0.717, 1.165) is 38.9 Å². The first-order valence-corrected chi connectivity index (χ1v) is 8.24. The largest absolute Gasteiger partial charge is 0.389 e. The maximum Gasteiger partial charge on any atom is 0.0712 e. The number of halogens is 1. The molecule has 1 aromatic carbocycles. The lowest BCUT2D eigenvalue weighted by Gasteiger charge is -2.39. The van der Waals surface area contributed by atoms with Crippen LogP contribution in [0.2, 0.25) is 0 Å². The van der Waals surface area contributed by atoms with Gasteiger partial charge in [0.25, 0.3) is 0 Å². The molecule has 1 N–H and O–H groups in total. The molecule has 19 heavy (non-hydrogen) atoms. The summed E-state index contributed by atoms with van der Waals surface area (Å²) in [4.78, 5) is 2.48. The highest BCUT2D eigenvalue weighted by molar-refractivity contribution is 14.1. The van der Waals surface area contributed by atoms with Gasteiger partial charge in [-0.2, -0.15) is 0 Å². The van der Waals surface area contributed by atoms with Crippen molar-refractivity contribution in [2.45, 2.75) is 38.7 Å². The van der Waals surface area contributed by atoms with Gasteiger partial charge < -0.3 is 10.0 Å². The topological polar surface area (TPSA) is 23.5 Å². The van der Waals surface area contributed by atoms with Crippen molar-refractivity contribution >= 4 is 22.6 Å². The predicted octanol–water partition coefficient (Wildman–Crippen LogP) is 3.32. The van der Waals surface area contributed by atoms with Gasteiger partial charge in [0.2, 0.25) is 0 Å². The number of hydrogen-bond acceptors (Lipinski definition) is 2. The van der Waals surface area contributed by atoms with E-state index >= 15 is 0 Å². The van der Waals surface area contributed by atoms with E-state index in [1.807, 2.05) is 0 Å². The first-order valence-electron chi connectivity index (χ1n) is 7.16. The van der Waals surface area contributed by atoms with Crippen LogP contribution in [0.1, 0.15) is 32.3 Å². The SMILES string of the molecule is CC(C)CN1CCC(O)(Cc2ccc(I)cc2)CC1. The first-order chi connectivity index (χ1) is 8.97. The fraction of sp³-hybridized carbons (Fsp3) is 0.625. The second-order valence-corrected chi connectivity index (χ2v) is 7.47. The van der Waals surface area contributed by atoms with Gasteiger partial charge in [-0.25, -0.2) is 0 Å². The van der Waals surface area contributed by atoms with Crippen molar-refractivity contribution in [1.82, 2.24) is 4.90 Å². The van der Waals surface area contributed by atoms with Gasteiger partial charge in [0.1, 0.15) is 0 Å². The fourth-order valence-electron chi connectivity index (χ4n) is 2.83. The first kappa shape index (κ1) is 15.3. The summed E-state index contributed by atoms with van der Waals surface area (Å²) in [5.41, 5.74) is 0.750. The van der Waals surface area contributed by atoms with Crippen LogP contribution < -0.4 is 0 Å². The fourth-order valence-corrected chi connectivity index (χ4v) is 3.19. The van der Waals surface area contributed by atoms with E-state index in [1.54, 1.807) is 0 Å². The number of hydrogen-bond donors (Lipinski definition) is 1. The highest BCUT2D eigenvalue weighted by Gasteiger charge is 2.32. The van der Waals surface area contributed by atoms with Crippen LogP contribution in [0, 0.1) is 9.49 Å². The Morgan fingerprint density at radius 3 is 2.32 bits per heavy atom. The summed E-state index contributed by atoms with van der Waals surface area (Å²) in [6, 6.07) is 8.51. The quantitative estimate of drug-likeness (QED) is 0.819. The van der Waals surface area contributed by atoms with Crippen molar-refractivity contribution in [1.29, 1.82) is 0 Å². The summed E-state index contributed by atoms with van der Waals surface area (Å²) >= 11 is 2.32. The van der Waals surface area contributed by atoms with Crippen LogP contribution in [-0.4, -0.2) is 35.2 Å². The van der Waals surface area contributed by atoms with E-state index in [4.69, 9.17) is 0 Å². The predicted molar refractivity (Wildman–Crippen MR) is 88.3 cm³/mol. The zero-order chi connectivity index (χ0) is 13.9. The molecule has 0 radical (unpaired) electrons. The molecule has 2 nitrogen and oxygen atoms in total. The number of aliphatic hydroxyl groups is 1. The molecule has 0 unspecified atom stereocenters. The van der Waals surface area contributed by atoms with Crippen molar-refractivity contribution in [3.05, 3.63) is 33.4 Å². The van der Waals surface area contributed by atoms with Crippen molar-refractivity contribution in [3.8, 4) is 0 Å². The molecule has 1 saturated heterocycles. The standard InChI is InChI=1S/C16H24INO/c1-13(2)12-18-9-7-16(19,8-10-18)11-14-3-5-15(17)6-4-14/h3-6,13,19H,7-12H2,1-2H3. The third kappa shape index (κ3) is 4.72. The average Bonchev–Trinajstić information content (AvgIpc) is 2.35. The molecule has 1 aliphatic heterocycles. The van der Waals surface area contributed by atoms with Crippen LogP contribution in [0.15, 0.2) is 24.3 Å². The maximum atomic E-state index is 10.7. The van der Waals surface area contributed by atoms with Gasteiger partial charge in [-0.3, -0.25) is 0 Å². The Bertz CT molecular complexity index is 394.